The lowest BCUT2D eigenvalue weighted by Crippen LogP contribution is -2.34. The van der Waals surface area contributed by atoms with Gasteiger partial charge in [0.25, 0.3) is 0 Å². The Morgan fingerprint density at radius 3 is 2.28 bits per heavy atom. The summed E-state index contributed by atoms with van der Waals surface area (Å²) in [4.78, 5) is 6.69. The number of rotatable bonds is 7. The van der Waals surface area contributed by atoms with Crippen molar-refractivity contribution in [3.05, 3.63) is 11.4 Å². The molecule has 0 bridgehead atoms. The molecule has 1 aromatic rings. The van der Waals surface area contributed by atoms with Crippen molar-refractivity contribution in [2.45, 2.75) is 53.0 Å². The summed E-state index contributed by atoms with van der Waals surface area (Å²) in [5.41, 5.74) is 2.00. The molecule has 0 fully saturated rings. The number of aliphatic hydroxyl groups is 1. The van der Waals surface area contributed by atoms with Gasteiger partial charge in [-0.2, -0.15) is 5.10 Å². The molecule has 0 atom stereocenters. The Kier molecular flexibility index (Phi) is 5.98. The summed E-state index contributed by atoms with van der Waals surface area (Å²) in [6.45, 7) is 9.28. The third-order valence-electron chi connectivity index (χ3n) is 2.94. The molecular weight excluding hydrogens is 228 g/mol. The van der Waals surface area contributed by atoms with Crippen molar-refractivity contribution in [3.63, 3.8) is 0 Å². The Balaban J connectivity index is 2.97. The number of aliphatic hydroxyl groups excluding tert-OH is 1. The van der Waals surface area contributed by atoms with Crippen LogP contribution in [-0.2, 0) is 12.8 Å². The highest BCUT2D eigenvalue weighted by Gasteiger charge is 2.15. The van der Waals surface area contributed by atoms with E-state index in [1.807, 2.05) is 0 Å². The van der Waals surface area contributed by atoms with Crippen molar-refractivity contribution in [2.24, 2.45) is 0 Å². The zero-order chi connectivity index (χ0) is 13.5. The van der Waals surface area contributed by atoms with Gasteiger partial charge in [0, 0.05) is 19.2 Å². The van der Waals surface area contributed by atoms with Crippen LogP contribution in [0.5, 0.6) is 0 Å². The van der Waals surface area contributed by atoms with E-state index in [0.29, 0.717) is 12.0 Å². The van der Waals surface area contributed by atoms with Crippen molar-refractivity contribution in [2.75, 3.05) is 18.1 Å². The summed E-state index contributed by atoms with van der Waals surface area (Å²) in [7, 11) is 0. The van der Waals surface area contributed by atoms with Gasteiger partial charge in [-0.1, -0.05) is 13.8 Å². The van der Waals surface area contributed by atoms with E-state index in [9.17, 15) is 0 Å². The summed E-state index contributed by atoms with van der Waals surface area (Å²) in [5.74, 6) is 0.674. The normalized spacial score (nSPS) is 11.0. The number of hydrogen-bond acceptors (Lipinski definition) is 5. The average Bonchev–Trinajstić information content (AvgIpc) is 2.38. The van der Waals surface area contributed by atoms with Crippen LogP contribution < -0.4 is 4.90 Å². The molecule has 0 aliphatic heterocycles. The largest absolute Gasteiger partial charge is 0.396 e. The molecule has 5 nitrogen and oxygen atoms in total. The van der Waals surface area contributed by atoms with Crippen LogP contribution in [0.25, 0.3) is 0 Å². The number of hydrogen-bond donors (Lipinski definition) is 1. The van der Waals surface area contributed by atoms with Gasteiger partial charge in [-0.3, -0.25) is 0 Å². The number of aromatic nitrogens is 3. The van der Waals surface area contributed by atoms with Gasteiger partial charge < -0.3 is 10.0 Å². The van der Waals surface area contributed by atoms with Crippen molar-refractivity contribution in [1.82, 2.24) is 15.2 Å². The molecule has 5 heteroatoms. The monoisotopic (exact) mass is 252 g/mol. The molecule has 1 N–H and O–H groups in total. The lowest BCUT2D eigenvalue weighted by Gasteiger charge is -2.26. The van der Waals surface area contributed by atoms with Crippen LogP contribution in [0.1, 0.15) is 45.5 Å². The number of anilines is 1. The first-order chi connectivity index (χ1) is 8.63. The maximum absolute atomic E-state index is 8.94. The van der Waals surface area contributed by atoms with E-state index in [1.165, 1.54) is 0 Å². The Hall–Kier alpha value is -1.23. The lowest BCUT2D eigenvalue weighted by molar-refractivity contribution is 0.288. The molecule has 0 aliphatic rings. The van der Waals surface area contributed by atoms with Gasteiger partial charge in [0.15, 0.2) is 0 Å². The second-order valence-electron chi connectivity index (χ2n) is 4.58. The standard InChI is InChI=1S/C13H24N4O/c1-5-11-12(6-2)15-16-13(14-11)17(10(3)4)8-7-9-18/h10,18H,5-9H2,1-4H3. The fourth-order valence-electron chi connectivity index (χ4n) is 1.88. The minimum Gasteiger partial charge on any atom is -0.396 e. The molecule has 0 spiro atoms. The lowest BCUT2D eigenvalue weighted by atomic mass is 10.2. The topological polar surface area (TPSA) is 62.1 Å². The molecule has 1 rings (SSSR count). The number of aryl methyl sites for hydroxylation is 2. The van der Waals surface area contributed by atoms with Crippen molar-refractivity contribution in [3.8, 4) is 0 Å². The summed E-state index contributed by atoms with van der Waals surface area (Å²) in [5, 5.41) is 17.4. The fraction of sp³-hybridized carbons (Fsp3) is 0.769. The molecule has 102 valence electrons. The van der Waals surface area contributed by atoms with Gasteiger partial charge in [-0.25, -0.2) is 4.98 Å². The van der Waals surface area contributed by atoms with E-state index in [-0.39, 0.29) is 6.61 Å². The van der Waals surface area contributed by atoms with Crippen molar-refractivity contribution < 1.29 is 5.11 Å². The Bertz CT molecular complexity index is 368. The summed E-state index contributed by atoms with van der Waals surface area (Å²) in [6, 6.07) is 0.301. The van der Waals surface area contributed by atoms with E-state index < -0.39 is 0 Å². The van der Waals surface area contributed by atoms with Gasteiger partial charge in [-0.05, 0) is 33.1 Å². The summed E-state index contributed by atoms with van der Waals surface area (Å²) < 4.78 is 0. The first-order valence-electron chi connectivity index (χ1n) is 6.73. The molecule has 1 aromatic heterocycles. The van der Waals surface area contributed by atoms with Crippen LogP contribution in [0.3, 0.4) is 0 Å². The average molecular weight is 252 g/mol. The molecule has 1 heterocycles. The Morgan fingerprint density at radius 1 is 1.11 bits per heavy atom. The highest BCUT2D eigenvalue weighted by Crippen LogP contribution is 2.14. The second-order valence-corrected chi connectivity index (χ2v) is 4.58. The van der Waals surface area contributed by atoms with Gasteiger partial charge in [0.05, 0.1) is 11.4 Å². The quantitative estimate of drug-likeness (QED) is 0.798. The third kappa shape index (κ3) is 3.63. The first kappa shape index (κ1) is 14.8. The molecular formula is C13H24N4O. The van der Waals surface area contributed by atoms with E-state index in [0.717, 1.165) is 37.2 Å². The van der Waals surface area contributed by atoms with Crippen LogP contribution >= 0.6 is 0 Å². The highest BCUT2D eigenvalue weighted by molar-refractivity contribution is 5.31. The van der Waals surface area contributed by atoms with Crippen molar-refractivity contribution in [1.29, 1.82) is 0 Å². The molecule has 0 aliphatic carbocycles. The first-order valence-corrected chi connectivity index (χ1v) is 6.73. The molecule has 18 heavy (non-hydrogen) atoms. The van der Waals surface area contributed by atoms with Gasteiger partial charge >= 0.3 is 0 Å². The van der Waals surface area contributed by atoms with Crippen LogP contribution in [0, 0.1) is 0 Å². The molecule has 0 radical (unpaired) electrons. The van der Waals surface area contributed by atoms with Gasteiger partial charge in [-0.15, -0.1) is 5.10 Å². The second kappa shape index (κ2) is 7.26. The highest BCUT2D eigenvalue weighted by atomic mass is 16.3. The van der Waals surface area contributed by atoms with E-state index in [1.54, 1.807) is 0 Å². The molecule has 0 aromatic carbocycles. The zero-order valence-electron chi connectivity index (χ0n) is 11.8. The predicted molar refractivity (Wildman–Crippen MR) is 72.8 cm³/mol. The van der Waals surface area contributed by atoms with Crippen LogP contribution in [-0.4, -0.2) is 39.5 Å². The fourth-order valence-corrected chi connectivity index (χ4v) is 1.88. The van der Waals surface area contributed by atoms with E-state index in [4.69, 9.17) is 5.11 Å². The minimum atomic E-state index is 0.185. The van der Waals surface area contributed by atoms with E-state index in [2.05, 4.69) is 47.8 Å². The van der Waals surface area contributed by atoms with E-state index >= 15 is 0 Å². The molecule has 0 saturated carbocycles. The zero-order valence-corrected chi connectivity index (χ0v) is 11.8. The summed E-state index contributed by atoms with van der Waals surface area (Å²) in [6.07, 6.45) is 2.46. The van der Waals surface area contributed by atoms with Gasteiger partial charge in [0.1, 0.15) is 0 Å². The summed E-state index contributed by atoms with van der Waals surface area (Å²) >= 11 is 0. The minimum absolute atomic E-state index is 0.185. The Morgan fingerprint density at radius 2 is 1.78 bits per heavy atom. The maximum Gasteiger partial charge on any atom is 0.245 e. The molecule has 0 unspecified atom stereocenters. The maximum atomic E-state index is 8.94. The van der Waals surface area contributed by atoms with Crippen LogP contribution in [0.4, 0.5) is 5.95 Å². The van der Waals surface area contributed by atoms with Crippen LogP contribution in [0.15, 0.2) is 0 Å². The SMILES string of the molecule is CCc1nnc(N(CCCO)C(C)C)nc1CC. The van der Waals surface area contributed by atoms with Gasteiger partial charge in [0.2, 0.25) is 5.95 Å². The number of nitrogens with zero attached hydrogens (tertiary/aromatic N) is 4. The predicted octanol–water partition coefficient (Wildman–Crippen LogP) is 1.59. The van der Waals surface area contributed by atoms with Crippen molar-refractivity contribution >= 4 is 5.95 Å². The molecule has 0 amide bonds. The van der Waals surface area contributed by atoms with Crippen LogP contribution in [0.2, 0.25) is 0 Å². The molecule has 0 saturated heterocycles. The Labute approximate surface area is 109 Å². The third-order valence-corrected chi connectivity index (χ3v) is 2.94. The smallest absolute Gasteiger partial charge is 0.245 e.